The molecule has 21 heavy (non-hydrogen) atoms. The molecule has 108 valence electrons. The van der Waals surface area contributed by atoms with E-state index in [0.29, 0.717) is 12.0 Å². The fourth-order valence-electron chi connectivity index (χ4n) is 2.29. The number of rotatable bonds is 3. The summed E-state index contributed by atoms with van der Waals surface area (Å²) in [5.74, 6) is -0.982. The normalized spacial score (nSPS) is 21.1. The van der Waals surface area contributed by atoms with Crippen LogP contribution < -0.4 is 0 Å². The van der Waals surface area contributed by atoms with Crippen LogP contribution in [0.15, 0.2) is 48.8 Å². The van der Waals surface area contributed by atoms with Crippen LogP contribution in [0.5, 0.6) is 0 Å². The van der Waals surface area contributed by atoms with Crippen LogP contribution in [0.3, 0.4) is 0 Å². The van der Waals surface area contributed by atoms with Gasteiger partial charge in [-0.2, -0.15) is 0 Å². The first-order valence-corrected chi connectivity index (χ1v) is 6.78. The van der Waals surface area contributed by atoms with Crippen LogP contribution in [0.2, 0.25) is 0 Å². The lowest BCUT2D eigenvalue weighted by atomic mass is 10.2. The Morgan fingerprint density at radius 1 is 1.24 bits per heavy atom. The summed E-state index contributed by atoms with van der Waals surface area (Å²) in [7, 11) is 0. The predicted octanol–water partition coefficient (Wildman–Crippen LogP) is 2.34. The lowest BCUT2D eigenvalue weighted by Gasteiger charge is -2.09. The highest BCUT2D eigenvalue weighted by molar-refractivity contribution is 5.92. The lowest BCUT2D eigenvalue weighted by Crippen LogP contribution is -2.22. The van der Waals surface area contributed by atoms with Gasteiger partial charge in [0.2, 0.25) is 6.10 Å². The zero-order chi connectivity index (χ0) is 14.8. The predicted molar refractivity (Wildman–Crippen MR) is 75.1 cm³/mol. The van der Waals surface area contributed by atoms with E-state index in [0.717, 1.165) is 5.69 Å². The second kappa shape index (κ2) is 5.44. The molecule has 0 unspecified atom stereocenters. The number of ether oxygens (including phenoxy) is 2. The van der Waals surface area contributed by atoms with Crippen LogP contribution in [0.1, 0.15) is 23.7 Å². The summed E-state index contributed by atoms with van der Waals surface area (Å²) in [5, 5.41) is 0. The van der Waals surface area contributed by atoms with Gasteiger partial charge >= 0.3 is 11.9 Å². The minimum atomic E-state index is -0.795. The Balaban J connectivity index is 1.69. The number of carbonyl (C=O) groups excluding carboxylic acids is 2. The van der Waals surface area contributed by atoms with Crippen molar-refractivity contribution in [1.29, 1.82) is 0 Å². The van der Waals surface area contributed by atoms with Crippen molar-refractivity contribution in [2.75, 3.05) is 0 Å². The van der Waals surface area contributed by atoms with Crippen LogP contribution >= 0.6 is 0 Å². The molecule has 1 aliphatic heterocycles. The summed E-state index contributed by atoms with van der Waals surface area (Å²) in [6.45, 7) is 1.78. The Kier molecular flexibility index (Phi) is 3.48. The summed E-state index contributed by atoms with van der Waals surface area (Å²) < 4.78 is 12.1. The largest absolute Gasteiger partial charge is 0.460 e. The Labute approximate surface area is 122 Å². The Hall–Kier alpha value is -2.56. The van der Waals surface area contributed by atoms with Gasteiger partial charge in [0.05, 0.1) is 5.56 Å². The molecule has 2 atom stereocenters. The molecule has 0 radical (unpaired) electrons. The van der Waals surface area contributed by atoms with E-state index in [1.807, 2.05) is 41.2 Å². The molecule has 0 saturated carbocycles. The lowest BCUT2D eigenvalue weighted by molar-refractivity contribution is -0.147. The smallest absolute Gasteiger partial charge is 0.347 e. The van der Waals surface area contributed by atoms with Crippen molar-refractivity contribution >= 4 is 11.9 Å². The number of hydrogen-bond donors (Lipinski definition) is 0. The Morgan fingerprint density at radius 3 is 2.48 bits per heavy atom. The quantitative estimate of drug-likeness (QED) is 0.812. The number of esters is 2. The molecule has 0 aliphatic carbocycles. The number of hydrogen-bond acceptors (Lipinski definition) is 4. The Bertz CT molecular complexity index is 645. The van der Waals surface area contributed by atoms with E-state index in [1.165, 1.54) is 0 Å². The standard InChI is InChI=1S/C16H15NO4/c1-11-10-14(16(19)20-11)21-15(18)12-4-6-13(7-5-12)17-8-2-3-9-17/h2-9,11,14H,10H2,1H3/t11-,14-/m1/s1. The van der Waals surface area contributed by atoms with Crippen LogP contribution in [-0.4, -0.2) is 28.7 Å². The van der Waals surface area contributed by atoms with E-state index in [1.54, 1.807) is 19.1 Å². The van der Waals surface area contributed by atoms with Crippen LogP contribution in [0.25, 0.3) is 5.69 Å². The second-order valence-corrected chi connectivity index (χ2v) is 5.01. The van der Waals surface area contributed by atoms with Gasteiger partial charge in [0.15, 0.2) is 0 Å². The maximum absolute atomic E-state index is 12.0. The topological polar surface area (TPSA) is 57.5 Å². The average Bonchev–Trinajstić information content (AvgIpc) is 3.10. The third-order valence-corrected chi connectivity index (χ3v) is 3.38. The van der Waals surface area contributed by atoms with Crippen LogP contribution in [0, 0.1) is 0 Å². The van der Waals surface area contributed by atoms with E-state index in [9.17, 15) is 9.59 Å². The monoisotopic (exact) mass is 285 g/mol. The highest BCUT2D eigenvalue weighted by Gasteiger charge is 2.35. The number of nitrogens with zero attached hydrogens (tertiary/aromatic N) is 1. The number of carbonyl (C=O) groups is 2. The molecule has 0 N–H and O–H groups in total. The molecule has 2 heterocycles. The maximum Gasteiger partial charge on any atom is 0.347 e. The highest BCUT2D eigenvalue weighted by Crippen LogP contribution is 2.19. The third kappa shape index (κ3) is 2.81. The minimum Gasteiger partial charge on any atom is -0.460 e. The summed E-state index contributed by atoms with van der Waals surface area (Å²) in [6.07, 6.45) is 3.25. The second-order valence-electron chi connectivity index (χ2n) is 5.01. The van der Waals surface area contributed by atoms with E-state index < -0.39 is 18.0 Å². The van der Waals surface area contributed by atoms with Crippen LogP contribution in [-0.2, 0) is 14.3 Å². The van der Waals surface area contributed by atoms with Gasteiger partial charge in [-0.05, 0) is 43.3 Å². The molecular weight excluding hydrogens is 270 g/mol. The summed E-state index contributed by atoms with van der Waals surface area (Å²) >= 11 is 0. The first kappa shape index (κ1) is 13.4. The van der Waals surface area contributed by atoms with Crippen LogP contribution in [0.4, 0.5) is 0 Å². The van der Waals surface area contributed by atoms with Crippen molar-refractivity contribution < 1.29 is 19.1 Å². The van der Waals surface area contributed by atoms with Gasteiger partial charge in [0, 0.05) is 24.5 Å². The molecule has 1 aromatic carbocycles. The molecular formula is C16H15NO4. The van der Waals surface area contributed by atoms with Gasteiger partial charge in [-0.3, -0.25) is 0 Å². The van der Waals surface area contributed by atoms with Gasteiger partial charge in [-0.25, -0.2) is 9.59 Å². The fourth-order valence-corrected chi connectivity index (χ4v) is 2.29. The van der Waals surface area contributed by atoms with E-state index in [4.69, 9.17) is 9.47 Å². The van der Waals surface area contributed by atoms with Gasteiger partial charge < -0.3 is 14.0 Å². The van der Waals surface area contributed by atoms with E-state index in [-0.39, 0.29) is 6.10 Å². The number of aromatic nitrogens is 1. The first-order valence-electron chi connectivity index (χ1n) is 6.78. The average molecular weight is 285 g/mol. The number of benzene rings is 1. The molecule has 0 amide bonds. The molecule has 1 fully saturated rings. The molecule has 5 nitrogen and oxygen atoms in total. The molecule has 5 heteroatoms. The molecule has 3 rings (SSSR count). The zero-order valence-electron chi connectivity index (χ0n) is 11.6. The van der Waals surface area contributed by atoms with Crippen molar-refractivity contribution in [3.63, 3.8) is 0 Å². The molecule has 1 aromatic heterocycles. The van der Waals surface area contributed by atoms with Crippen molar-refractivity contribution in [3.8, 4) is 5.69 Å². The third-order valence-electron chi connectivity index (χ3n) is 3.38. The van der Waals surface area contributed by atoms with Gasteiger partial charge in [-0.1, -0.05) is 0 Å². The van der Waals surface area contributed by atoms with Crippen molar-refractivity contribution in [2.24, 2.45) is 0 Å². The van der Waals surface area contributed by atoms with Crippen molar-refractivity contribution in [1.82, 2.24) is 4.57 Å². The Morgan fingerprint density at radius 2 is 1.90 bits per heavy atom. The summed E-state index contributed by atoms with van der Waals surface area (Å²) in [5.41, 5.74) is 1.36. The first-order chi connectivity index (χ1) is 10.1. The summed E-state index contributed by atoms with van der Waals surface area (Å²) in [6, 6.07) is 10.9. The zero-order valence-corrected chi connectivity index (χ0v) is 11.6. The summed E-state index contributed by atoms with van der Waals surface area (Å²) in [4.78, 5) is 23.5. The van der Waals surface area contributed by atoms with Crippen molar-refractivity contribution in [3.05, 3.63) is 54.4 Å². The van der Waals surface area contributed by atoms with Gasteiger partial charge in [0.25, 0.3) is 0 Å². The van der Waals surface area contributed by atoms with E-state index in [2.05, 4.69) is 0 Å². The van der Waals surface area contributed by atoms with Crippen molar-refractivity contribution in [2.45, 2.75) is 25.6 Å². The molecule has 0 spiro atoms. The minimum absolute atomic E-state index is 0.202. The fraction of sp³-hybridized carbons (Fsp3) is 0.250. The van der Waals surface area contributed by atoms with Gasteiger partial charge in [0.1, 0.15) is 6.10 Å². The molecule has 1 aliphatic rings. The SMILES string of the molecule is C[C@@H]1C[C@@H](OC(=O)c2ccc(-n3cccc3)cc2)C(=O)O1. The number of cyclic esters (lactones) is 1. The molecule has 1 saturated heterocycles. The van der Waals surface area contributed by atoms with Gasteiger partial charge in [-0.15, -0.1) is 0 Å². The molecule has 2 aromatic rings. The maximum atomic E-state index is 12.0. The molecule has 0 bridgehead atoms. The highest BCUT2D eigenvalue weighted by atomic mass is 16.6. The van der Waals surface area contributed by atoms with E-state index >= 15 is 0 Å².